The van der Waals surface area contributed by atoms with E-state index in [-0.39, 0.29) is 24.7 Å². The molecule has 0 aliphatic rings. The number of carbonyl (C=O) groups excluding carboxylic acids is 2. The molecule has 0 saturated carbocycles. The molecule has 6 heterocycles. The topological polar surface area (TPSA) is 144 Å². The largest absolute Gasteiger partial charge is 0.309 e. The number of pyridine rings is 2. The fraction of sp³-hybridized carbons (Fsp3) is 0.214. The van der Waals surface area contributed by atoms with Gasteiger partial charge in [0.1, 0.15) is 5.01 Å². The van der Waals surface area contributed by atoms with Gasteiger partial charge in [0.2, 0.25) is 16.9 Å². The number of amides is 2. The number of anilines is 2. The van der Waals surface area contributed by atoms with Crippen LogP contribution in [-0.4, -0.2) is 51.4 Å². The van der Waals surface area contributed by atoms with E-state index in [9.17, 15) is 9.59 Å². The average molecular weight is 567 g/mol. The number of aryl methyl sites for hydroxylation is 2. The number of unbranched alkanes of at least 4 members (excludes halogenated alkanes) is 1. The van der Waals surface area contributed by atoms with Gasteiger partial charge < -0.3 is 10.6 Å². The van der Waals surface area contributed by atoms with Crippen molar-refractivity contribution in [2.24, 2.45) is 0 Å². The van der Waals surface area contributed by atoms with E-state index >= 15 is 0 Å². The molecule has 6 rings (SSSR count). The molecule has 13 heteroatoms. The first-order valence-corrected chi connectivity index (χ1v) is 14.0. The predicted octanol–water partition coefficient (Wildman–Crippen LogP) is 3.55. The van der Waals surface area contributed by atoms with Crippen molar-refractivity contribution < 1.29 is 9.59 Å². The lowest BCUT2D eigenvalue weighted by Crippen LogP contribution is -2.16. The van der Waals surface area contributed by atoms with Gasteiger partial charge in [-0.3, -0.25) is 9.59 Å². The minimum atomic E-state index is -0.196. The highest BCUT2D eigenvalue weighted by Crippen LogP contribution is 2.18. The summed E-state index contributed by atoms with van der Waals surface area (Å²) >= 11 is 1.38. The van der Waals surface area contributed by atoms with Crippen LogP contribution in [0.3, 0.4) is 0 Å². The van der Waals surface area contributed by atoms with Gasteiger partial charge in [-0.05, 0) is 67.8 Å². The Hall–Kier alpha value is -5.04. The normalized spacial score (nSPS) is 11.2. The van der Waals surface area contributed by atoms with Crippen LogP contribution in [0.1, 0.15) is 34.9 Å². The maximum atomic E-state index is 12.4. The maximum Gasteiger partial charge on any atom is 0.232 e. The lowest BCUT2D eigenvalue weighted by atomic mass is 10.1. The number of carbonyl (C=O) groups is 2. The fourth-order valence-electron chi connectivity index (χ4n) is 4.38. The molecule has 0 unspecified atom stereocenters. The van der Waals surface area contributed by atoms with Crippen molar-refractivity contribution in [1.82, 2.24) is 39.6 Å². The van der Waals surface area contributed by atoms with Crippen LogP contribution in [0.5, 0.6) is 0 Å². The molecule has 12 nitrogen and oxygen atoms in total. The Kier molecular flexibility index (Phi) is 7.67. The van der Waals surface area contributed by atoms with Crippen molar-refractivity contribution in [2.45, 2.75) is 38.5 Å². The molecular formula is C28H26N10O2S. The summed E-state index contributed by atoms with van der Waals surface area (Å²) in [6, 6.07) is 18.9. The van der Waals surface area contributed by atoms with E-state index in [4.69, 9.17) is 0 Å². The molecule has 2 amide bonds. The quantitative estimate of drug-likeness (QED) is 0.227. The molecular weight excluding hydrogens is 540 g/mol. The van der Waals surface area contributed by atoms with E-state index in [1.54, 1.807) is 15.1 Å². The van der Waals surface area contributed by atoms with Gasteiger partial charge in [-0.15, -0.1) is 15.3 Å². The Bertz CT molecular complexity index is 1740. The van der Waals surface area contributed by atoms with Gasteiger partial charge in [0.25, 0.3) is 0 Å². The van der Waals surface area contributed by atoms with E-state index in [1.165, 1.54) is 11.3 Å². The van der Waals surface area contributed by atoms with Crippen LogP contribution in [0.15, 0.2) is 73.1 Å². The van der Waals surface area contributed by atoms with Gasteiger partial charge in [-0.25, -0.2) is 9.03 Å². The van der Waals surface area contributed by atoms with E-state index in [2.05, 4.69) is 41.2 Å². The molecule has 0 radical (unpaired) electrons. The van der Waals surface area contributed by atoms with Crippen LogP contribution in [0.2, 0.25) is 0 Å². The van der Waals surface area contributed by atoms with Crippen LogP contribution in [0.4, 0.5) is 10.9 Å². The number of hydrogen-bond acceptors (Lipinski definition) is 9. The van der Waals surface area contributed by atoms with Gasteiger partial charge in [-0.1, -0.05) is 23.5 Å². The van der Waals surface area contributed by atoms with Crippen LogP contribution >= 0.6 is 11.3 Å². The zero-order valence-corrected chi connectivity index (χ0v) is 22.8. The molecule has 6 aromatic rings. The number of hydrogen-bond donors (Lipinski definition) is 2. The number of fused-ring (bicyclic) bond motifs is 2. The molecule has 0 aliphatic carbocycles. The van der Waals surface area contributed by atoms with Gasteiger partial charge >= 0.3 is 0 Å². The highest BCUT2D eigenvalue weighted by atomic mass is 32.1. The smallest absolute Gasteiger partial charge is 0.232 e. The Morgan fingerprint density at radius 3 is 1.98 bits per heavy atom. The summed E-state index contributed by atoms with van der Waals surface area (Å²) in [4.78, 5) is 24.8. The summed E-state index contributed by atoms with van der Waals surface area (Å²) in [5.74, 6) is 0.0370. The van der Waals surface area contributed by atoms with Crippen LogP contribution < -0.4 is 10.6 Å². The SMILES string of the molecule is O=C(Cc1cc2ccccn2n1)Nc1ccc(CCCCc2nnc(NC(=O)Cc3cc4ccccn4n3)s2)nn1. The molecule has 41 heavy (non-hydrogen) atoms. The number of rotatable bonds is 11. The molecule has 0 atom stereocenters. The third kappa shape index (κ3) is 6.76. The number of aromatic nitrogens is 8. The Labute approximate surface area is 238 Å². The van der Waals surface area contributed by atoms with E-state index in [0.717, 1.165) is 47.4 Å². The van der Waals surface area contributed by atoms with E-state index < -0.39 is 0 Å². The Balaban J connectivity index is 0.907. The lowest BCUT2D eigenvalue weighted by molar-refractivity contribution is -0.116. The highest BCUT2D eigenvalue weighted by molar-refractivity contribution is 7.15. The predicted molar refractivity (Wildman–Crippen MR) is 154 cm³/mol. The zero-order valence-electron chi connectivity index (χ0n) is 22.0. The van der Waals surface area contributed by atoms with Gasteiger partial charge in [-0.2, -0.15) is 15.3 Å². The summed E-state index contributed by atoms with van der Waals surface area (Å²) in [5.41, 5.74) is 4.11. The zero-order chi connectivity index (χ0) is 28.0. The monoisotopic (exact) mass is 566 g/mol. The summed E-state index contributed by atoms with van der Waals surface area (Å²) < 4.78 is 3.49. The molecule has 0 spiro atoms. The Morgan fingerprint density at radius 1 is 0.683 bits per heavy atom. The summed E-state index contributed by atoms with van der Waals surface area (Å²) in [7, 11) is 0. The lowest BCUT2D eigenvalue weighted by Gasteiger charge is -2.04. The second-order valence-electron chi connectivity index (χ2n) is 9.48. The molecule has 0 aromatic carbocycles. The minimum absolute atomic E-state index is 0.157. The van der Waals surface area contributed by atoms with Crippen molar-refractivity contribution in [2.75, 3.05) is 10.6 Å². The standard InChI is InChI=1S/C28H26N10O2S/c39-25(17-20-15-22-8-3-5-13-37(22)35-20)29-24-12-11-19(31-32-24)7-1-2-10-27-33-34-28(41-27)30-26(40)18-21-16-23-9-4-6-14-38(23)36-21/h3-6,8-9,11-16H,1-2,7,10,17-18H2,(H,29,32,39)(H,30,34,40). The summed E-state index contributed by atoms with van der Waals surface area (Å²) in [5, 5.41) is 32.4. The van der Waals surface area contributed by atoms with Crippen LogP contribution in [-0.2, 0) is 35.3 Å². The van der Waals surface area contributed by atoms with Gasteiger partial charge in [0.15, 0.2) is 5.82 Å². The number of nitrogens with one attached hydrogen (secondary N) is 2. The fourth-order valence-corrected chi connectivity index (χ4v) is 5.18. The Morgan fingerprint density at radius 2 is 1.34 bits per heavy atom. The molecule has 6 aromatic heterocycles. The third-order valence-corrected chi connectivity index (χ3v) is 7.20. The first-order valence-electron chi connectivity index (χ1n) is 13.2. The summed E-state index contributed by atoms with van der Waals surface area (Å²) in [6.45, 7) is 0. The molecule has 0 saturated heterocycles. The molecule has 206 valence electrons. The van der Waals surface area contributed by atoms with Gasteiger partial charge in [0, 0.05) is 18.8 Å². The van der Waals surface area contributed by atoms with Crippen molar-refractivity contribution in [3.63, 3.8) is 0 Å². The van der Waals surface area contributed by atoms with Crippen molar-refractivity contribution in [3.05, 3.63) is 95.1 Å². The van der Waals surface area contributed by atoms with Crippen molar-refractivity contribution in [3.8, 4) is 0 Å². The maximum absolute atomic E-state index is 12.4. The first kappa shape index (κ1) is 26.2. The molecule has 0 aliphatic heterocycles. The van der Waals surface area contributed by atoms with Crippen molar-refractivity contribution in [1.29, 1.82) is 0 Å². The third-order valence-electron chi connectivity index (χ3n) is 6.30. The van der Waals surface area contributed by atoms with Crippen LogP contribution in [0.25, 0.3) is 11.0 Å². The minimum Gasteiger partial charge on any atom is -0.309 e. The van der Waals surface area contributed by atoms with E-state index in [0.29, 0.717) is 22.3 Å². The van der Waals surface area contributed by atoms with Crippen LogP contribution in [0, 0.1) is 0 Å². The second-order valence-corrected chi connectivity index (χ2v) is 10.5. The molecule has 0 bridgehead atoms. The van der Waals surface area contributed by atoms with Gasteiger partial charge in [0.05, 0.1) is 41.0 Å². The van der Waals surface area contributed by atoms with E-state index in [1.807, 2.05) is 67.0 Å². The summed E-state index contributed by atoms with van der Waals surface area (Å²) in [6.07, 6.45) is 7.31. The first-order chi connectivity index (χ1) is 20.1. The highest BCUT2D eigenvalue weighted by Gasteiger charge is 2.12. The molecule has 2 N–H and O–H groups in total. The second kappa shape index (κ2) is 12.0. The number of nitrogens with zero attached hydrogens (tertiary/aromatic N) is 8. The molecule has 0 fully saturated rings. The van der Waals surface area contributed by atoms with Crippen molar-refractivity contribution >= 4 is 45.1 Å². The average Bonchev–Trinajstić information content (AvgIpc) is 3.69.